The van der Waals surface area contributed by atoms with Crippen LogP contribution in [0, 0.1) is 6.92 Å². The smallest absolute Gasteiger partial charge is 0.153 e. The van der Waals surface area contributed by atoms with Gasteiger partial charge in [0.15, 0.2) is 5.65 Å². The molecule has 0 fully saturated rings. The summed E-state index contributed by atoms with van der Waals surface area (Å²) < 4.78 is 1.80. The fourth-order valence-electron chi connectivity index (χ4n) is 1.60. The molecular formula is C14H25N5. The zero-order valence-corrected chi connectivity index (χ0v) is 12.4. The molecule has 0 aromatic carbocycles. The molecular weight excluding hydrogens is 238 g/mol. The predicted octanol–water partition coefficient (Wildman–Crippen LogP) is 2.48. The van der Waals surface area contributed by atoms with Gasteiger partial charge >= 0.3 is 0 Å². The second-order valence-electron chi connectivity index (χ2n) is 4.43. The Labute approximate surface area is 115 Å². The van der Waals surface area contributed by atoms with Crippen LogP contribution in [0.4, 0.5) is 5.82 Å². The van der Waals surface area contributed by atoms with Crippen molar-refractivity contribution in [1.82, 2.24) is 19.9 Å². The summed E-state index contributed by atoms with van der Waals surface area (Å²) in [4.78, 5) is 4.31. The second kappa shape index (κ2) is 8.48. The van der Waals surface area contributed by atoms with Gasteiger partial charge in [0.05, 0.1) is 11.9 Å². The second-order valence-corrected chi connectivity index (χ2v) is 4.43. The molecule has 0 radical (unpaired) electrons. The van der Waals surface area contributed by atoms with Crippen molar-refractivity contribution >= 4 is 11.5 Å². The SMILES string of the molecule is CCCNC.CCCNc1ccc2nc(C)cn2n1. The molecule has 2 aromatic rings. The van der Waals surface area contributed by atoms with Crippen LogP contribution in [0.15, 0.2) is 18.3 Å². The highest BCUT2D eigenvalue weighted by Gasteiger charge is 1.99. The van der Waals surface area contributed by atoms with Gasteiger partial charge < -0.3 is 10.6 Å². The minimum absolute atomic E-state index is 0.893. The highest BCUT2D eigenvalue weighted by atomic mass is 15.3. The third-order valence-electron chi connectivity index (χ3n) is 2.50. The quantitative estimate of drug-likeness (QED) is 0.870. The Morgan fingerprint density at radius 2 is 1.89 bits per heavy atom. The first-order valence-electron chi connectivity index (χ1n) is 6.92. The number of aromatic nitrogens is 3. The lowest BCUT2D eigenvalue weighted by Gasteiger charge is -2.02. The molecule has 2 aromatic heterocycles. The molecule has 19 heavy (non-hydrogen) atoms. The highest BCUT2D eigenvalue weighted by Crippen LogP contribution is 2.07. The van der Waals surface area contributed by atoms with E-state index in [-0.39, 0.29) is 0 Å². The normalized spacial score (nSPS) is 10.1. The Bertz CT molecular complexity index is 476. The van der Waals surface area contributed by atoms with Crippen molar-refractivity contribution in [3.63, 3.8) is 0 Å². The molecule has 2 rings (SSSR count). The van der Waals surface area contributed by atoms with Gasteiger partial charge in [-0.25, -0.2) is 9.50 Å². The molecule has 106 valence electrons. The van der Waals surface area contributed by atoms with Gasteiger partial charge in [-0.3, -0.25) is 0 Å². The molecule has 0 amide bonds. The van der Waals surface area contributed by atoms with E-state index in [2.05, 4.69) is 34.6 Å². The van der Waals surface area contributed by atoms with E-state index in [0.717, 1.165) is 36.7 Å². The molecule has 0 aliphatic carbocycles. The lowest BCUT2D eigenvalue weighted by Crippen LogP contribution is -2.04. The lowest BCUT2D eigenvalue weighted by molar-refractivity contribution is 0.772. The van der Waals surface area contributed by atoms with Crippen molar-refractivity contribution in [2.45, 2.75) is 33.6 Å². The van der Waals surface area contributed by atoms with Gasteiger partial charge in [-0.05, 0) is 45.5 Å². The minimum Gasteiger partial charge on any atom is -0.369 e. The van der Waals surface area contributed by atoms with E-state index in [1.807, 2.05) is 32.3 Å². The molecule has 0 unspecified atom stereocenters. The molecule has 2 heterocycles. The number of rotatable bonds is 5. The number of hydrogen-bond donors (Lipinski definition) is 2. The molecule has 0 saturated heterocycles. The van der Waals surface area contributed by atoms with Gasteiger partial charge in [0, 0.05) is 6.54 Å². The Hall–Kier alpha value is -1.62. The molecule has 5 heteroatoms. The van der Waals surface area contributed by atoms with Gasteiger partial charge in [-0.1, -0.05) is 13.8 Å². The first-order valence-corrected chi connectivity index (χ1v) is 6.92. The summed E-state index contributed by atoms with van der Waals surface area (Å²) in [5.41, 5.74) is 1.88. The number of anilines is 1. The van der Waals surface area contributed by atoms with Gasteiger partial charge in [-0.15, -0.1) is 5.10 Å². The Morgan fingerprint density at radius 3 is 2.47 bits per heavy atom. The van der Waals surface area contributed by atoms with Crippen LogP contribution in [0.5, 0.6) is 0 Å². The van der Waals surface area contributed by atoms with Crippen LogP contribution < -0.4 is 10.6 Å². The number of hydrogen-bond acceptors (Lipinski definition) is 4. The maximum absolute atomic E-state index is 4.38. The van der Waals surface area contributed by atoms with Gasteiger partial charge in [-0.2, -0.15) is 0 Å². The van der Waals surface area contributed by atoms with Crippen LogP contribution in [0.2, 0.25) is 0 Å². The van der Waals surface area contributed by atoms with Crippen LogP contribution in [0.3, 0.4) is 0 Å². The lowest BCUT2D eigenvalue weighted by atomic mass is 10.4. The molecule has 0 aliphatic heterocycles. The first kappa shape index (κ1) is 15.4. The number of aryl methyl sites for hydroxylation is 1. The van der Waals surface area contributed by atoms with Crippen molar-refractivity contribution in [2.24, 2.45) is 0 Å². The van der Waals surface area contributed by atoms with Crippen LogP contribution >= 0.6 is 0 Å². The maximum atomic E-state index is 4.38. The van der Waals surface area contributed by atoms with E-state index in [0.29, 0.717) is 0 Å². The third-order valence-corrected chi connectivity index (χ3v) is 2.50. The van der Waals surface area contributed by atoms with Gasteiger partial charge in [0.2, 0.25) is 0 Å². The fourth-order valence-corrected chi connectivity index (χ4v) is 1.60. The van der Waals surface area contributed by atoms with Crippen molar-refractivity contribution in [3.8, 4) is 0 Å². The van der Waals surface area contributed by atoms with E-state index in [1.165, 1.54) is 6.42 Å². The van der Waals surface area contributed by atoms with Crippen LogP contribution in [-0.4, -0.2) is 34.7 Å². The number of imidazole rings is 1. The van der Waals surface area contributed by atoms with Gasteiger partial charge in [0.25, 0.3) is 0 Å². The Balaban J connectivity index is 0.000000312. The Morgan fingerprint density at radius 1 is 1.16 bits per heavy atom. The molecule has 0 saturated carbocycles. The molecule has 5 nitrogen and oxygen atoms in total. The zero-order chi connectivity index (χ0) is 14.1. The van der Waals surface area contributed by atoms with Crippen LogP contribution in [0.25, 0.3) is 5.65 Å². The van der Waals surface area contributed by atoms with Crippen molar-refractivity contribution < 1.29 is 0 Å². The maximum Gasteiger partial charge on any atom is 0.153 e. The summed E-state index contributed by atoms with van der Waals surface area (Å²) in [5.74, 6) is 0.900. The summed E-state index contributed by atoms with van der Waals surface area (Å²) in [7, 11) is 1.96. The first-order chi connectivity index (χ1) is 9.21. The fraction of sp³-hybridized carbons (Fsp3) is 0.571. The van der Waals surface area contributed by atoms with E-state index >= 15 is 0 Å². The number of fused-ring (bicyclic) bond motifs is 1. The van der Waals surface area contributed by atoms with E-state index in [4.69, 9.17) is 0 Å². The summed E-state index contributed by atoms with van der Waals surface area (Å²) in [6.07, 6.45) is 4.26. The average molecular weight is 263 g/mol. The minimum atomic E-state index is 0.893. The summed E-state index contributed by atoms with van der Waals surface area (Å²) >= 11 is 0. The van der Waals surface area contributed by atoms with E-state index < -0.39 is 0 Å². The monoisotopic (exact) mass is 263 g/mol. The highest BCUT2D eigenvalue weighted by molar-refractivity contribution is 5.44. The van der Waals surface area contributed by atoms with Crippen molar-refractivity contribution in [1.29, 1.82) is 0 Å². The van der Waals surface area contributed by atoms with Crippen LogP contribution in [0.1, 0.15) is 32.4 Å². The molecule has 0 bridgehead atoms. The zero-order valence-electron chi connectivity index (χ0n) is 12.4. The van der Waals surface area contributed by atoms with Crippen molar-refractivity contribution in [3.05, 3.63) is 24.0 Å². The third kappa shape index (κ3) is 5.26. The topological polar surface area (TPSA) is 54.2 Å². The Kier molecular flexibility index (Phi) is 6.89. The predicted molar refractivity (Wildman–Crippen MR) is 80.7 cm³/mol. The summed E-state index contributed by atoms with van der Waals surface area (Å²) in [6, 6.07) is 3.93. The van der Waals surface area contributed by atoms with E-state index in [9.17, 15) is 0 Å². The summed E-state index contributed by atoms with van der Waals surface area (Å²) in [5, 5.41) is 10.6. The molecule has 2 N–H and O–H groups in total. The summed E-state index contributed by atoms with van der Waals surface area (Å²) in [6.45, 7) is 8.34. The standard InChI is InChI=1S/C10H14N4.C4H11N/c1-3-6-11-9-4-5-10-12-8(2)7-14(10)13-9;1-3-4-5-2/h4-5,7H,3,6H2,1-2H3,(H,11,13);5H,3-4H2,1-2H3. The van der Waals surface area contributed by atoms with Crippen LogP contribution in [-0.2, 0) is 0 Å². The molecule has 0 aliphatic rings. The van der Waals surface area contributed by atoms with Gasteiger partial charge in [0.1, 0.15) is 5.82 Å². The largest absolute Gasteiger partial charge is 0.369 e. The number of nitrogens with one attached hydrogen (secondary N) is 2. The van der Waals surface area contributed by atoms with E-state index in [1.54, 1.807) is 4.52 Å². The van der Waals surface area contributed by atoms with Crippen molar-refractivity contribution in [2.75, 3.05) is 25.5 Å². The number of nitrogens with zero attached hydrogens (tertiary/aromatic N) is 3. The molecule has 0 atom stereocenters. The molecule has 0 spiro atoms. The average Bonchev–Trinajstić information content (AvgIpc) is 2.77.